The summed E-state index contributed by atoms with van der Waals surface area (Å²) in [6.45, 7) is 8.20. The summed E-state index contributed by atoms with van der Waals surface area (Å²) in [7, 11) is 2.22. The Morgan fingerprint density at radius 2 is 2.19 bits per heavy atom. The van der Waals surface area contributed by atoms with Crippen LogP contribution in [0.5, 0.6) is 0 Å². The van der Waals surface area contributed by atoms with Gasteiger partial charge in [0.2, 0.25) is 0 Å². The minimum absolute atomic E-state index is 0.684. The monoisotopic (exact) mass is 244 g/mol. The van der Waals surface area contributed by atoms with E-state index in [4.69, 9.17) is 0 Å². The van der Waals surface area contributed by atoms with Crippen molar-refractivity contribution in [1.82, 2.24) is 10.2 Å². The lowest BCUT2D eigenvalue weighted by Gasteiger charge is -2.20. The zero-order valence-electron chi connectivity index (χ0n) is 11.2. The van der Waals surface area contributed by atoms with Crippen LogP contribution in [0.15, 0.2) is 0 Å². The number of hydrogen-bond acceptors (Lipinski definition) is 3. The zero-order chi connectivity index (χ0) is 11.8. The van der Waals surface area contributed by atoms with E-state index in [2.05, 4.69) is 42.9 Å². The van der Waals surface area contributed by atoms with Crippen molar-refractivity contribution >= 4 is 11.8 Å². The number of rotatable bonds is 8. The fraction of sp³-hybridized carbons (Fsp3) is 1.00. The first-order valence-electron chi connectivity index (χ1n) is 6.69. The molecule has 0 aromatic carbocycles. The Balaban J connectivity index is 1.84. The molecule has 1 aliphatic rings. The van der Waals surface area contributed by atoms with E-state index in [0.717, 1.165) is 5.92 Å². The zero-order valence-corrected chi connectivity index (χ0v) is 12.0. The maximum absolute atomic E-state index is 3.60. The Morgan fingerprint density at radius 3 is 2.81 bits per heavy atom. The standard InChI is InChI=1S/C13H28N2S/c1-12(2)15(3)8-5-4-7-14-10-13-6-9-16-11-13/h12-14H,4-11H2,1-3H3. The molecule has 1 rings (SSSR count). The molecule has 0 aromatic heterocycles. The predicted octanol–water partition coefficient (Wildman–Crippen LogP) is 2.45. The summed E-state index contributed by atoms with van der Waals surface area (Å²) in [6.07, 6.45) is 4.06. The van der Waals surface area contributed by atoms with Crippen LogP contribution in [0.4, 0.5) is 0 Å². The van der Waals surface area contributed by atoms with Crippen molar-refractivity contribution in [3.63, 3.8) is 0 Å². The van der Waals surface area contributed by atoms with E-state index < -0.39 is 0 Å². The van der Waals surface area contributed by atoms with Crippen molar-refractivity contribution in [2.75, 3.05) is 38.2 Å². The summed E-state index contributed by atoms with van der Waals surface area (Å²) >= 11 is 2.11. The molecule has 0 saturated carbocycles. The van der Waals surface area contributed by atoms with E-state index in [0.29, 0.717) is 6.04 Å². The third-order valence-electron chi connectivity index (χ3n) is 3.45. The van der Waals surface area contributed by atoms with Gasteiger partial charge in [-0.25, -0.2) is 0 Å². The van der Waals surface area contributed by atoms with Gasteiger partial charge in [-0.2, -0.15) is 11.8 Å². The van der Waals surface area contributed by atoms with E-state index in [1.807, 2.05) is 0 Å². The average Bonchev–Trinajstić information content (AvgIpc) is 2.75. The van der Waals surface area contributed by atoms with Gasteiger partial charge in [0.05, 0.1) is 0 Å². The largest absolute Gasteiger partial charge is 0.316 e. The molecular weight excluding hydrogens is 216 g/mol. The summed E-state index contributed by atoms with van der Waals surface area (Å²) in [6, 6.07) is 0.684. The van der Waals surface area contributed by atoms with Gasteiger partial charge >= 0.3 is 0 Å². The molecule has 2 nitrogen and oxygen atoms in total. The second-order valence-electron chi connectivity index (χ2n) is 5.22. The fourth-order valence-electron chi connectivity index (χ4n) is 1.92. The molecule has 1 N–H and O–H groups in total. The van der Waals surface area contributed by atoms with Gasteiger partial charge in [-0.1, -0.05) is 0 Å². The first kappa shape index (κ1) is 14.3. The fourth-order valence-corrected chi connectivity index (χ4v) is 3.20. The molecule has 0 aliphatic carbocycles. The highest BCUT2D eigenvalue weighted by Crippen LogP contribution is 2.22. The van der Waals surface area contributed by atoms with Crippen LogP contribution in [0.3, 0.4) is 0 Å². The highest BCUT2D eigenvalue weighted by atomic mass is 32.2. The first-order valence-corrected chi connectivity index (χ1v) is 7.84. The molecule has 0 radical (unpaired) electrons. The molecule has 1 heterocycles. The lowest BCUT2D eigenvalue weighted by molar-refractivity contribution is 0.267. The lowest BCUT2D eigenvalue weighted by atomic mass is 10.1. The predicted molar refractivity (Wildman–Crippen MR) is 75.3 cm³/mol. The van der Waals surface area contributed by atoms with Crippen LogP contribution in [0, 0.1) is 5.92 Å². The van der Waals surface area contributed by atoms with Gasteiger partial charge in [-0.3, -0.25) is 0 Å². The third kappa shape index (κ3) is 6.12. The molecule has 0 amide bonds. The van der Waals surface area contributed by atoms with E-state index in [9.17, 15) is 0 Å². The van der Waals surface area contributed by atoms with Gasteiger partial charge in [0.1, 0.15) is 0 Å². The van der Waals surface area contributed by atoms with Crippen molar-refractivity contribution in [3.8, 4) is 0 Å². The molecular formula is C13H28N2S. The number of hydrogen-bond donors (Lipinski definition) is 1. The topological polar surface area (TPSA) is 15.3 Å². The first-order chi connectivity index (χ1) is 7.70. The molecule has 1 fully saturated rings. The summed E-state index contributed by atoms with van der Waals surface area (Å²) in [5.74, 6) is 3.71. The summed E-state index contributed by atoms with van der Waals surface area (Å²) in [5.41, 5.74) is 0. The highest BCUT2D eigenvalue weighted by molar-refractivity contribution is 7.99. The Labute approximate surface area is 106 Å². The second-order valence-corrected chi connectivity index (χ2v) is 6.37. The summed E-state index contributed by atoms with van der Waals surface area (Å²) in [5, 5.41) is 3.60. The molecule has 96 valence electrons. The van der Waals surface area contributed by atoms with Crippen molar-refractivity contribution in [2.24, 2.45) is 5.92 Å². The van der Waals surface area contributed by atoms with Crippen LogP contribution >= 0.6 is 11.8 Å². The molecule has 16 heavy (non-hydrogen) atoms. The molecule has 0 aromatic rings. The second kappa shape index (κ2) is 8.37. The summed E-state index contributed by atoms with van der Waals surface area (Å²) in [4.78, 5) is 2.42. The van der Waals surface area contributed by atoms with E-state index in [1.54, 1.807) is 0 Å². The Morgan fingerprint density at radius 1 is 1.38 bits per heavy atom. The maximum Gasteiger partial charge on any atom is 0.00355 e. The SMILES string of the molecule is CC(C)N(C)CCCCNCC1CCSC1. The molecule has 1 atom stereocenters. The van der Waals surface area contributed by atoms with Crippen molar-refractivity contribution in [1.29, 1.82) is 0 Å². The van der Waals surface area contributed by atoms with Crippen LogP contribution < -0.4 is 5.32 Å². The number of unbranched alkanes of at least 4 members (excludes halogenated alkanes) is 1. The van der Waals surface area contributed by atoms with Crippen LogP contribution in [0.25, 0.3) is 0 Å². The molecule has 0 spiro atoms. The van der Waals surface area contributed by atoms with Gasteiger partial charge in [0, 0.05) is 6.04 Å². The quantitative estimate of drug-likeness (QED) is 0.660. The Kier molecular flexibility index (Phi) is 7.50. The minimum Gasteiger partial charge on any atom is -0.316 e. The maximum atomic E-state index is 3.60. The van der Waals surface area contributed by atoms with Crippen LogP contribution in [0.2, 0.25) is 0 Å². The van der Waals surface area contributed by atoms with E-state index in [1.165, 1.54) is 50.4 Å². The smallest absolute Gasteiger partial charge is 0.00355 e. The number of nitrogens with one attached hydrogen (secondary N) is 1. The van der Waals surface area contributed by atoms with Gasteiger partial charge in [-0.05, 0) is 77.2 Å². The van der Waals surface area contributed by atoms with Gasteiger partial charge in [0.15, 0.2) is 0 Å². The molecule has 0 bridgehead atoms. The van der Waals surface area contributed by atoms with Crippen LogP contribution in [-0.2, 0) is 0 Å². The average molecular weight is 244 g/mol. The normalized spacial score (nSPS) is 21.2. The van der Waals surface area contributed by atoms with Crippen LogP contribution in [0.1, 0.15) is 33.1 Å². The van der Waals surface area contributed by atoms with Gasteiger partial charge in [0.25, 0.3) is 0 Å². The third-order valence-corrected chi connectivity index (χ3v) is 4.68. The van der Waals surface area contributed by atoms with Crippen molar-refractivity contribution in [2.45, 2.75) is 39.2 Å². The highest BCUT2D eigenvalue weighted by Gasteiger charge is 2.14. The van der Waals surface area contributed by atoms with E-state index in [-0.39, 0.29) is 0 Å². The van der Waals surface area contributed by atoms with Crippen molar-refractivity contribution < 1.29 is 0 Å². The minimum atomic E-state index is 0.684. The van der Waals surface area contributed by atoms with Gasteiger partial charge < -0.3 is 10.2 Å². The van der Waals surface area contributed by atoms with E-state index >= 15 is 0 Å². The summed E-state index contributed by atoms with van der Waals surface area (Å²) < 4.78 is 0. The van der Waals surface area contributed by atoms with Gasteiger partial charge in [-0.15, -0.1) is 0 Å². The van der Waals surface area contributed by atoms with Crippen LogP contribution in [-0.4, -0.2) is 49.1 Å². The molecule has 3 heteroatoms. The molecule has 1 saturated heterocycles. The Bertz CT molecular complexity index is 161. The molecule has 1 aliphatic heterocycles. The van der Waals surface area contributed by atoms with Crippen molar-refractivity contribution in [3.05, 3.63) is 0 Å². The Hall–Kier alpha value is 0.270. The molecule has 1 unspecified atom stereocenters. The number of nitrogens with zero attached hydrogens (tertiary/aromatic N) is 1. The number of thioether (sulfide) groups is 1. The lowest BCUT2D eigenvalue weighted by Crippen LogP contribution is -2.28.